The van der Waals surface area contributed by atoms with Gasteiger partial charge in [-0.2, -0.15) is 0 Å². The molecule has 0 spiro atoms. The van der Waals surface area contributed by atoms with Crippen LogP contribution in [-0.4, -0.2) is 29.9 Å². The molecule has 0 atom stereocenters. The molecule has 23 aromatic rings. The van der Waals surface area contributed by atoms with E-state index < -0.39 is 0 Å². The van der Waals surface area contributed by atoms with Gasteiger partial charge in [-0.15, -0.1) is 22.7 Å². The minimum Gasteiger partial charge on any atom is -0.208 e. The number of fused-ring (bicyclic) bond motifs is 18. The molecule has 6 nitrogen and oxygen atoms in total. The lowest BCUT2D eigenvalue weighted by Crippen LogP contribution is -1.99. The lowest BCUT2D eigenvalue weighted by molar-refractivity contribution is 1.07. The van der Waals surface area contributed by atoms with Crippen molar-refractivity contribution in [2.75, 3.05) is 0 Å². The second-order valence-electron chi connectivity index (χ2n) is 29.6. The van der Waals surface area contributed by atoms with E-state index in [9.17, 15) is 0 Å². The van der Waals surface area contributed by atoms with Crippen LogP contribution in [0, 0.1) is 0 Å². The number of rotatable bonds is 11. The number of nitrogens with zero attached hydrogens (tertiary/aromatic N) is 6. The van der Waals surface area contributed by atoms with Crippen molar-refractivity contribution in [1.82, 2.24) is 29.9 Å². The van der Waals surface area contributed by atoms with Gasteiger partial charge in [0.15, 0.2) is 34.9 Å². The van der Waals surface area contributed by atoms with E-state index in [1.807, 2.05) is 133 Å². The van der Waals surface area contributed by atoms with E-state index in [0.29, 0.717) is 34.9 Å². The first kappa shape index (κ1) is 68.0. The summed E-state index contributed by atoms with van der Waals surface area (Å²) < 4.78 is 4.91. The lowest BCUT2D eigenvalue weighted by atomic mass is 9.91. The van der Waals surface area contributed by atoms with Crippen molar-refractivity contribution < 1.29 is 0 Å². The van der Waals surface area contributed by atoms with E-state index in [1.54, 1.807) is 11.3 Å². The van der Waals surface area contributed by atoms with E-state index in [2.05, 4.69) is 279 Å². The van der Waals surface area contributed by atoms with E-state index in [1.165, 1.54) is 161 Å². The molecular formula is C108H66N6S2. The van der Waals surface area contributed by atoms with Crippen LogP contribution in [0.3, 0.4) is 0 Å². The Labute approximate surface area is 677 Å². The minimum atomic E-state index is 0.663. The van der Waals surface area contributed by atoms with Crippen LogP contribution < -0.4 is 0 Å². The zero-order valence-corrected chi connectivity index (χ0v) is 64.2. The predicted molar refractivity (Wildman–Crippen MR) is 490 cm³/mol. The van der Waals surface area contributed by atoms with Gasteiger partial charge in [0.25, 0.3) is 0 Å². The number of thiophene rings is 2. The van der Waals surface area contributed by atoms with Gasteiger partial charge in [0.05, 0.1) is 0 Å². The molecule has 19 aromatic carbocycles. The summed E-state index contributed by atoms with van der Waals surface area (Å²) in [5.41, 5.74) is 17.8. The molecule has 0 radical (unpaired) electrons. The number of aromatic nitrogens is 6. The third-order valence-electron chi connectivity index (χ3n) is 22.6. The smallest absolute Gasteiger partial charge is 0.164 e. The average molecular weight is 1510 g/mol. The summed E-state index contributed by atoms with van der Waals surface area (Å²) in [7, 11) is 0. The average Bonchev–Trinajstić information content (AvgIpc) is 0.909. The molecule has 8 heteroatoms. The standard InChI is InChI=1S/C57H35N3S.C51H31N3S/c1-3-13-36(14-4-1)55-58-56(37-15-5-2-6-16-37)60-57(59-55)44-26-29-50-52-34-43(27-30-53(52)61-54(50)35-44)41-20-12-18-39(32-41)38-17-11-19-40(31-38)42-25-28-49-47-23-8-7-21-45(47)46-22-9-10-24-48(46)51(49)33-42;1-3-12-32(13-4-1)49-52-50(33-14-5-2-6-15-33)54-51(53-49)38-23-26-44-46-30-37(24-27-47(46)55-48(44)31-38)35-17-11-16-34(28-35)36-22-25-43-41-20-8-7-18-39(41)40-19-9-10-21-42(40)45(43)29-36/h1-35H;1-31H. The molecule has 0 saturated heterocycles. The van der Waals surface area contributed by atoms with E-state index in [0.717, 1.165) is 33.4 Å². The largest absolute Gasteiger partial charge is 0.208 e. The Bertz CT molecular complexity index is 7650. The Hall–Kier alpha value is -14.8. The summed E-state index contributed by atoms with van der Waals surface area (Å²) in [5, 5.41) is 20.5. The summed E-state index contributed by atoms with van der Waals surface area (Å²) in [6.45, 7) is 0. The van der Waals surface area contributed by atoms with Gasteiger partial charge in [0.2, 0.25) is 0 Å². The molecule has 116 heavy (non-hydrogen) atoms. The number of benzene rings is 19. The fraction of sp³-hybridized carbons (Fsp3) is 0. The summed E-state index contributed by atoms with van der Waals surface area (Å²) in [6.07, 6.45) is 0. The van der Waals surface area contributed by atoms with Crippen molar-refractivity contribution in [3.63, 3.8) is 0 Å². The SMILES string of the molecule is c1ccc(-c2nc(-c3ccccc3)nc(-c3ccc4c(c3)sc3ccc(-c5cccc(-c6ccc7c8ccccc8c8ccccc8c7c6)c5)cc34)n2)cc1.c1ccc(-c2nc(-c3ccccc3)nc(-c3ccc4c(c3)sc3ccc(-c5cccc(-c6cccc(-c7ccc8c9ccccc9c9ccccc9c8c7)c6)c5)cc34)n2)cc1. The summed E-state index contributed by atoms with van der Waals surface area (Å²) in [4.78, 5) is 29.7. The van der Waals surface area contributed by atoms with Gasteiger partial charge >= 0.3 is 0 Å². The quantitative estimate of drug-likeness (QED) is 0.120. The van der Waals surface area contributed by atoms with Crippen LogP contribution in [0.4, 0.5) is 0 Å². The van der Waals surface area contributed by atoms with Gasteiger partial charge < -0.3 is 0 Å². The highest BCUT2D eigenvalue weighted by molar-refractivity contribution is 7.26. The van der Waals surface area contributed by atoms with Crippen LogP contribution in [0.15, 0.2) is 400 Å². The van der Waals surface area contributed by atoms with Crippen LogP contribution in [0.2, 0.25) is 0 Å². The van der Waals surface area contributed by atoms with Crippen LogP contribution in [0.5, 0.6) is 0 Å². The molecule has 0 aliphatic heterocycles. The summed E-state index contributed by atoms with van der Waals surface area (Å²) >= 11 is 3.61. The maximum Gasteiger partial charge on any atom is 0.164 e. The molecular weight excluding hydrogens is 1450 g/mol. The molecule has 540 valence electrons. The molecule has 0 aliphatic rings. The molecule has 0 unspecified atom stereocenters. The van der Waals surface area contributed by atoms with Crippen LogP contribution >= 0.6 is 22.7 Å². The van der Waals surface area contributed by atoms with Crippen molar-refractivity contribution >= 4 is 128 Å². The van der Waals surface area contributed by atoms with E-state index in [-0.39, 0.29) is 0 Å². The fourth-order valence-corrected chi connectivity index (χ4v) is 19.1. The van der Waals surface area contributed by atoms with Crippen molar-refractivity contribution in [3.8, 4) is 124 Å². The Morgan fingerprint density at radius 3 is 0.595 bits per heavy atom. The van der Waals surface area contributed by atoms with Crippen molar-refractivity contribution in [2.45, 2.75) is 0 Å². The van der Waals surface area contributed by atoms with Crippen LogP contribution in [-0.2, 0) is 0 Å². The van der Waals surface area contributed by atoms with Gasteiger partial charge in [0.1, 0.15) is 0 Å². The van der Waals surface area contributed by atoms with Crippen molar-refractivity contribution in [3.05, 3.63) is 400 Å². The molecule has 0 amide bonds. The molecule has 0 fully saturated rings. The first-order valence-corrected chi connectivity index (χ1v) is 40.7. The lowest BCUT2D eigenvalue weighted by Gasteiger charge is -2.13. The Morgan fingerprint density at radius 1 is 0.112 bits per heavy atom. The fourth-order valence-electron chi connectivity index (χ4n) is 16.9. The van der Waals surface area contributed by atoms with Gasteiger partial charge in [-0.3, -0.25) is 0 Å². The third kappa shape index (κ3) is 12.4. The molecule has 0 saturated carbocycles. The first-order valence-electron chi connectivity index (χ1n) is 39.1. The molecule has 0 N–H and O–H groups in total. The van der Waals surface area contributed by atoms with Crippen LogP contribution in [0.1, 0.15) is 0 Å². The van der Waals surface area contributed by atoms with E-state index in [4.69, 9.17) is 29.9 Å². The normalized spacial score (nSPS) is 11.6. The highest BCUT2D eigenvalue weighted by Crippen LogP contribution is 2.45. The van der Waals surface area contributed by atoms with Crippen molar-refractivity contribution in [1.29, 1.82) is 0 Å². The zero-order chi connectivity index (χ0) is 76.6. The molecule has 4 aromatic heterocycles. The Balaban J connectivity index is 0.000000141. The monoisotopic (exact) mass is 1510 g/mol. The topological polar surface area (TPSA) is 77.3 Å². The molecule has 23 rings (SSSR count). The highest BCUT2D eigenvalue weighted by Gasteiger charge is 2.20. The number of hydrogen-bond donors (Lipinski definition) is 0. The maximum atomic E-state index is 4.98. The number of hydrogen-bond acceptors (Lipinski definition) is 8. The Morgan fingerprint density at radius 2 is 0.310 bits per heavy atom. The van der Waals surface area contributed by atoms with Gasteiger partial charge in [0, 0.05) is 73.7 Å². The van der Waals surface area contributed by atoms with Crippen LogP contribution in [0.25, 0.3) is 229 Å². The predicted octanol–water partition coefficient (Wildman–Crippen LogP) is 29.7. The summed E-state index contributed by atoms with van der Waals surface area (Å²) in [6, 6.07) is 143. The maximum absolute atomic E-state index is 4.98. The molecule has 0 bridgehead atoms. The van der Waals surface area contributed by atoms with Gasteiger partial charge in [-0.1, -0.05) is 334 Å². The van der Waals surface area contributed by atoms with Gasteiger partial charge in [-0.25, -0.2) is 29.9 Å². The van der Waals surface area contributed by atoms with Gasteiger partial charge in [-0.05, 0) is 187 Å². The second kappa shape index (κ2) is 28.7. The third-order valence-corrected chi connectivity index (χ3v) is 24.9. The first-order chi connectivity index (χ1) is 57.4. The zero-order valence-electron chi connectivity index (χ0n) is 62.6. The highest BCUT2D eigenvalue weighted by atomic mass is 32.1. The minimum absolute atomic E-state index is 0.663. The Kier molecular flexibility index (Phi) is 16.9. The molecule has 4 heterocycles. The second-order valence-corrected chi connectivity index (χ2v) is 31.7. The molecule has 0 aliphatic carbocycles. The van der Waals surface area contributed by atoms with E-state index >= 15 is 0 Å². The summed E-state index contributed by atoms with van der Waals surface area (Å²) in [5.74, 6) is 3.99. The van der Waals surface area contributed by atoms with Crippen molar-refractivity contribution in [2.24, 2.45) is 0 Å².